The van der Waals surface area contributed by atoms with Crippen LogP contribution in [0.5, 0.6) is 0 Å². The SMILES string of the molecule is Cc1nnc2sc(-c3cccc(N=C(N)CCl)c3)nn12. The number of nitrogens with two attached hydrogens (primary N) is 1. The van der Waals surface area contributed by atoms with Crippen LogP contribution in [0, 0.1) is 6.92 Å². The Kier molecular flexibility index (Phi) is 3.37. The molecule has 2 N–H and O–H groups in total. The molecule has 1 aromatic carbocycles. The molecule has 3 rings (SSSR count). The van der Waals surface area contributed by atoms with Gasteiger partial charge in [-0.15, -0.1) is 21.8 Å². The van der Waals surface area contributed by atoms with Crippen molar-refractivity contribution in [3.63, 3.8) is 0 Å². The third-order valence-electron chi connectivity index (χ3n) is 2.65. The topological polar surface area (TPSA) is 81.5 Å². The molecule has 20 heavy (non-hydrogen) atoms. The van der Waals surface area contributed by atoms with Crippen LogP contribution < -0.4 is 5.73 Å². The standard InChI is InChI=1S/C12H11ClN6S/c1-7-16-17-12-19(7)18-11(20-12)8-3-2-4-9(5-8)15-10(14)6-13/h2-5H,6H2,1H3,(H2,14,15). The number of rotatable bonds is 3. The third-order valence-corrected chi connectivity index (χ3v) is 3.87. The zero-order chi connectivity index (χ0) is 14.1. The quantitative estimate of drug-likeness (QED) is 0.457. The van der Waals surface area contributed by atoms with Gasteiger partial charge in [0.2, 0.25) is 4.96 Å². The molecule has 0 saturated heterocycles. The van der Waals surface area contributed by atoms with Crippen LogP contribution in [-0.2, 0) is 0 Å². The molecule has 0 bridgehead atoms. The third kappa shape index (κ3) is 2.37. The number of aliphatic imine (C=N–C) groups is 1. The lowest BCUT2D eigenvalue weighted by Crippen LogP contribution is -2.12. The molecule has 0 radical (unpaired) electrons. The summed E-state index contributed by atoms with van der Waals surface area (Å²) in [5.41, 5.74) is 7.36. The minimum Gasteiger partial charge on any atom is -0.386 e. The van der Waals surface area contributed by atoms with Gasteiger partial charge in [0.05, 0.1) is 11.6 Å². The van der Waals surface area contributed by atoms with Crippen molar-refractivity contribution in [3.05, 3.63) is 30.1 Å². The normalized spacial score (nSPS) is 12.2. The zero-order valence-electron chi connectivity index (χ0n) is 10.6. The average Bonchev–Trinajstić information content (AvgIpc) is 3.02. The first kappa shape index (κ1) is 13.0. The number of benzene rings is 1. The summed E-state index contributed by atoms with van der Waals surface area (Å²) in [6, 6.07) is 7.66. The second-order valence-electron chi connectivity index (χ2n) is 4.14. The van der Waals surface area contributed by atoms with Gasteiger partial charge in [0, 0.05) is 5.56 Å². The van der Waals surface area contributed by atoms with Gasteiger partial charge in [-0.25, -0.2) is 4.99 Å². The Morgan fingerprint density at radius 2 is 2.30 bits per heavy atom. The first-order valence-electron chi connectivity index (χ1n) is 5.85. The summed E-state index contributed by atoms with van der Waals surface area (Å²) in [5, 5.41) is 13.4. The molecule has 0 aliphatic heterocycles. The molecule has 0 atom stereocenters. The van der Waals surface area contributed by atoms with Gasteiger partial charge in [-0.1, -0.05) is 23.5 Å². The maximum Gasteiger partial charge on any atom is 0.234 e. The average molecular weight is 307 g/mol. The monoisotopic (exact) mass is 306 g/mol. The number of amidine groups is 1. The Balaban J connectivity index is 2.03. The first-order valence-corrected chi connectivity index (χ1v) is 7.21. The summed E-state index contributed by atoms with van der Waals surface area (Å²) in [6.45, 7) is 1.87. The largest absolute Gasteiger partial charge is 0.386 e. The van der Waals surface area contributed by atoms with Crippen molar-refractivity contribution in [2.75, 3.05) is 5.88 Å². The van der Waals surface area contributed by atoms with Gasteiger partial charge in [0.1, 0.15) is 10.8 Å². The summed E-state index contributed by atoms with van der Waals surface area (Å²) in [7, 11) is 0. The molecule has 0 aliphatic rings. The van der Waals surface area contributed by atoms with Crippen molar-refractivity contribution in [3.8, 4) is 10.6 Å². The van der Waals surface area contributed by atoms with Crippen molar-refractivity contribution < 1.29 is 0 Å². The Hall–Kier alpha value is -1.99. The highest BCUT2D eigenvalue weighted by molar-refractivity contribution is 7.19. The van der Waals surface area contributed by atoms with Crippen LogP contribution in [0.1, 0.15) is 5.82 Å². The fourth-order valence-corrected chi connectivity index (χ4v) is 2.68. The number of aryl methyl sites for hydroxylation is 1. The van der Waals surface area contributed by atoms with E-state index in [1.54, 1.807) is 4.52 Å². The van der Waals surface area contributed by atoms with E-state index >= 15 is 0 Å². The second-order valence-corrected chi connectivity index (χ2v) is 5.36. The molecular weight excluding hydrogens is 296 g/mol. The van der Waals surface area contributed by atoms with E-state index in [9.17, 15) is 0 Å². The van der Waals surface area contributed by atoms with E-state index in [4.69, 9.17) is 17.3 Å². The zero-order valence-corrected chi connectivity index (χ0v) is 12.2. The summed E-state index contributed by atoms with van der Waals surface area (Å²) in [6.07, 6.45) is 0. The highest BCUT2D eigenvalue weighted by Crippen LogP contribution is 2.28. The summed E-state index contributed by atoms with van der Waals surface area (Å²) in [5.74, 6) is 1.36. The summed E-state index contributed by atoms with van der Waals surface area (Å²) >= 11 is 7.11. The Labute approximate surface area is 123 Å². The van der Waals surface area contributed by atoms with E-state index in [-0.39, 0.29) is 5.88 Å². The second kappa shape index (κ2) is 5.18. The molecule has 2 heterocycles. The lowest BCUT2D eigenvalue weighted by atomic mass is 10.2. The number of aromatic nitrogens is 4. The molecule has 0 unspecified atom stereocenters. The maximum absolute atomic E-state index is 5.64. The molecule has 0 aliphatic carbocycles. The smallest absolute Gasteiger partial charge is 0.234 e. The lowest BCUT2D eigenvalue weighted by molar-refractivity contribution is 0.898. The summed E-state index contributed by atoms with van der Waals surface area (Å²) in [4.78, 5) is 5.00. The van der Waals surface area contributed by atoms with Crippen LogP contribution >= 0.6 is 22.9 Å². The number of nitrogens with zero attached hydrogens (tertiary/aromatic N) is 5. The van der Waals surface area contributed by atoms with E-state index in [1.165, 1.54) is 11.3 Å². The van der Waals surface area contributed by atoms with E-state index < -0.39 is 0 Å². The van der Waals surface area contributed by atoms with Crippen molar-refractivity contribution in [2.24, 2.45) is 10.7 Å². The molecule has 0 amide bonds. The number of alkyl halides is 1. The van der Waals surface area contributed by atoms with Crippen molar-refractivity contribution >= 4 is 39.4 Å². The molecular formula is C12H11ClN6S. The molecule has 8 heteroatoms. The van der Waals surface area contributed by atoms with E-state index in [1.807, 2.05) is 31.2 Å². The first-order chi connectivity index (χ1) is 9.67. The molecule has 102 valence electrons. The predicted octanol–water partition coefficient (Wildman–Crippen LogP) is 2.39. The van der Waals surface area contributed by atoms with Gasteiger partial charge >= 0.3 is 0 Å². The van der Waals surface area contributed by atoms with Crippen molar-refractivity contribution in [2.45, 2.75) is 6.92 Å². The highest BCUT2D eigenvalue weighted by Gasteiger charge is 2.10. The van der Waals surface area contributed by atoms with Crippen LogP contribution in [0.4, 0.5) is 5.69 Å². The van der Waals surface area contributed by atoms with Gasteiger partial charge in [0.25, 0.3) is 0 Å². The van der Waals surface area contributed by atoms with Gasteiger partial charge in [0.15, 0.2) is 5.82 Å². The number of fused-ring (bicyclic) bond motifs is 1. The van der Waals surface area contributed by atoms with E-state index in [0.717, 1.165) is 27.0 Å². The van der Waals surface area contributed by atoms with Crippen LogP contribution in [0.2, 0.25) is 0 Å². The van der Waals surface area contributed by atoms with Gasteiger partial charge < -0.3 is 5.73 Å². The Morgan fingerprint density at radius 3 is 3.05 bits per heavy atom. The van der Waals surface area contributed by atoms with Crippen LogP contribution in [0.3, 0.4) is 0 Å². The number of halogens is 1. The molecule has 0 spiro atoms. The number of hydrogen-bond donors (Lipinski definition) is 1. The van der Waals surface area contributed by atoms with Crippen molar-refractivity contribution in [1.82, 2.24) is 19.8 Å². The minimum atomic E-state index is 0.208. The minimum absolute atomic E-state index is 0.208. The summed E-state index contributed by atoms with van der Waals surface area (Å²) < 4.78 is 1.73. The number of hydrogen-bond acceptors (Lipinski definition) is 5. The van der Waals surface area contributed by atoms with E-state index in [0.29, 0.717) is 5.84 Å². The molecule has 2 aromatic heterocycles. The fraction of sp³-hybridized carbons (Fsp3) is 0.167. The van der Waals surface area contributed by atoms with Gasteiger partial charge in [-0.05, 0) is 19.1 Å². The highest BCUT2D eigenvalue weighted by atomic mass is 35.5. The van der Waals surface area contributed by atoms with Gasteiger partial charge in [-0.2, -0.15) is 9.61 Å². The Bertz CT molecular complexity index is 790. The predicted molar refractivity (Wildman–Crippen MR) is 80.8 cm³/mol. The van der Waals surface area contributed by atoms with Crippen LogP contribution in [0.15, 0.2) is 29.3 Å². The van der Waals surface area contributed by atoms with E-state index in [2.05, 4.69) is 20.3 Å². The van der Waals surface area contributed by atoms with Gasteiger partial charge in [-0.3, -0.25) is 0 Å². The van der Waals surface area contributed by atoms with Crippen molar-refractivity contribution in [1.29, 1.82) is 0 Å². The molecule has 6 nitrogen and oxygen atoms in total. The maximum atomic E-state index is 5.64. The lowest BCUT2D eigenvalue weighted by Gasteiger charge is -1.99. The van der Waals surface area contributed by atoms with Crippen LogP contribution in [0.25, 0.3) is 15.5 Å². The molecule has 3 aromatic rings. The Morgan fingerprint density at radius 1 is 1.45 bits per heavy atom. The fourth-order valence-electron chi connectivity index (χ4n) is 1.74. The van der Waals surface area contributed by atoms with Crippen LogP contribution in [-0.4, -0.2) is 31.5 Å². The molecule has 0 fully saturated rings. The molecule has 0 saturated carbocycles.